The number of anilines is 2. The van der Waals surface area contributed by atoms with Gasteiger partial charge in [0.25, 0.3) is 6.20 Å². The van der Waals surface area contributed by atoms with E-state index in [9.17, 15) is 15.3 Å². The van der Waals surface area contributed by atoms with Crippen LogP contribution in [0.3, 0.4) is 0 Å². The summed E-state index contributed by atoms with van der Waals surface area (Å²) in [6.45, 7) is 0.930. The number of thioether (sulfide) groups is 1. The Morgan fingerprint density at radius 1 is 1.29 bits per heavy atom. The molecule has 0 saturated heterocycles. The number of nitrogens with one attached hydrogen (secondary N) is 1. The van der Waals surface area contributed by atoms with Crippen LogP contribution in [-0.2, 0) is 16.1 Å². The van der Waals surface area contributed by atoms with Gasteiger partial charge in [-0.1, -0.05) is 42.1 Å². The van der Waals surface area contributed by atoms with Crippen LogP contribution in [-0.4, -0.2) is 35.6 Å². The molecule has 31 heavy (non-hydrogen) atoms. The van der Waals surface area contributed by atoms with Crippen LogP contribution in [0, 0.1) is 22.7 Å². The number of hydrogen-bond donors (Lipinski definition) is 2. The standard InChI is InChI=1S/C20H17N7O3S/c1-29-8-7-27-11-17(30-26-27)24-16(28)12-31-20-15(10-22)18(13-5-3-2-4-6-13)14(9-21)19(23)25-20/h2-6,11H,7-8,12H2,1H3,(H2-,23,24,25,26,28)/p+1. The first-order chi connectivity index (χ1) is 15.1. The van der Waals surface area contributed by atoms with Gasteiger partial charge in [-0.3, -0.25) is 14.6 Å². The first-order valence-electron chi connectivity index (χ1n) is 9.04. The highest BCUT2D eigenvalue weighted by atomic mass is 32.2. The summed E-state index contributed by atoms with van der Waals surface area (Å²) in [6, 6.07) is 13.1. The molecule has 0 fully saturated rings. The lowest BCUT2D eigenvalue weighted by molar-refractivity contribution is -0.763. The lowest BCUT2D eigenvalue weighted by Crippen LogP contribution is -2.36. The molecule has 0 aliphatic carbocycles. The third kappa shape index (κ3) is 5.17. The summed E-state index contributed by atoms with van der Waals surface area (Å²) in [5.74, 6) is -0.257. The molecule has 0 bridgehead atoms. The number of methoxy groups -OCH3 is 1. The van der Waals surface area contributed by atoms with Gasteiger partial charge in [0.15, 0.2) is 0 Å². The fraction of sp³-hybridized carbons (Fsp3) is 0.200. The Kier molecular flexibility index (Phi) is 7.17. The number of benzene rings is 1. The number of nitrogens with two attached hydrogens (primary N) is 1. The smallest absolute Gasteiger partial charge is 0.302 e. The van der Waals surface area contributed by atoms with Crippen molar-refractivity contribution in [2.75, 3.05) is 30.5 Å². The largest absolute Gasteiger partial charge is 0.383 e. The average Bonchev–Trinajstić information content (AvgIpc) is 3.23. The van der Waals surface area contributed by atoms with E-state index >= 15 is 0 Å². The van der Waals surface area contributed by atoms with Crippen LogP contribution in [0.4, 0.5) is 11.7 Å². The minimum absolute atomic E-state index is 0.00215. The Morgan fingerprint density at radius 2 is 2.03 bits per heavy atom. The minimum Gasteiger partial charge on any atom is -0.383 e. The molecule has 3 rings (SSSR count). The Morgan fingerprint density at radius 3 is 2.71 bits per heavy atom. The second-order valence-corrected chi connectivity index (χ2v) is 7.14. The maximum absolute atomic E-state index is 12.3. The van der Waals surface area contributed by atoms with Gasteiger partial charge in [-0.15, -0.1) is 0 Å². The second-order valence-electron chi connectivity index (χ2n) is 6.18. The highest BCUT2D eigenvalue weighted by Gasteiger charge is 2.21. The van der Waals surface area contributed by atoms with Crippen LogP contribution in [0.15, 0.2) is 46.1 Å². The Balaban J connectivity index is 1.80. The molecule has 3 N–H and O–H groups in total. The van der Waals surface area contributed by atoms with E-state index in [4.69, 9.17) is 15.0 Å². The molecule has 10 nitrogen and oxygen atoms in total. The highest BCUT2D eigenvalue weighted by Crippen LogP contribution is 2.35. The number of carbonyl (C=O) groups excluding carboxylic acids is 1. The van der Waals surface area contributed by atoms with Crippen molar-refractivity contribution in [3.8, 4) is 23.3 Å². The molecule has 0 saturated carbocycles. The Hall–Kier alpha value is -3.93. The summed E-state index contributed by atoms with van der Waals surface area (Å²) in [4.78, 5) is 16.5. The van der Waals surface area contributed by atoms with Crippen molar-refractivity contribution in [1.82, 2.24) is 10.3 Å². The number of aromatic nitrogens is 3. The van der Waals surface area contributed by atoms with Crippen molar-refractivity contribution in [1.29, 1.82) is 10.5 Å². The molecule has 156 valence electrons. The molecule has 0 aliphatic rings. The van der Waals surface area contributed by atoms with E-state index in [2.05, 4.69) is 21.6 Å². The van der Waals surface area contributed by atoms with Crippen LogP contribution in [0.5, 0.6) is 0 Å². The van der Waals surface area contributed by atoms with Gasteiger partial charge in [0.05, 0.1) is 11.3 Å². The predicted octanol–water partition coefficient (Wildman–Crippen LogP) is 1.73. The molecule has 11 heteroatoms. The number of pyridine rings is 1. The Bertz CT molecular complexity index is 1170. The summed E-state index contributed by atoms with van der Waals surface area (Å²) in [5, 5.41) is 25.9. The predicted molar refractivity (Wildman–Crippen MR) is 111 cm³/mol. The Labute approximate surface area is 182 Å². The first kappa shape index (κ1) is 21.8. The molecule has 1 amide bonds. The first-order valence-corrected chi connectivity index (χ1v) is 10.0. The van der Waals surface area contributed by atoms with Gasteiger partial charge < -0.3 is 10.5 Å². The van der Waals surface area contributed by atoms with Crippen LogP contribution in [0.2, 0.25) is 0 Å². The van der Waals surface area contributed by atoms with Crippen molar-refractivity contribution >= 4 is 29.4 Å². The molecule has 0 unspecified atom stereocenters. The van der Waals surface area contributed by atoms with Gasteiger partial charge >= 0.3 is 5.88 Å². The summed E-state index contributed by atoms with van der Waals surface area (Å²) >= 11 is 1.04. The fourth-order valence-corrected chi connectivity index (χ4v) is 3.52. The average molecular weight is 436 g/mol. The van der Waals surface area contributed by atoms with Crippen LogP contribution in [0.25, 0.3) is 11.1 Å². The van der Waals surface area contributed by atoms with Crippen molar-refractivity contribution in [2.45, 2.75) is 11.6 Å². The molecule has 3 aromatic rings. The quantitative estimate of drug-likeness (QED) is 0.396. The SMILES string of the molecule is COCC[n+]1cc(NC(=O)CSc2nc(N)c(C#N)c(-c3ccccc3)c2C#N)on1. The van der Waals surface area contributed by atoms with E-state index < -0.39 is 0 Å². The van der Waals surface area contributed by atoms with Crippen LogP contribution >= 0.6 is 11.8 Å². The van der Waals surface area contributed by atoms with Crippen molar-refractivity contribution in [3.05, 3.63) is 47.7 Å². The number of rotatable bonds is 8. The highest BCUT2D eigenvalue weighted by molar-refractivity contribution is 8.00. The monoisotopic (exact) mass is 436 g/mol. The molecule has 2 heterocycles. The van der Waals surface area contributed by atoms with E-state index in [1.165, 1.54) is 10.9 Å². The van der Waals surface area contributed by atoms with Gasteiger partial charge in [-0.05, 0) is 10.2 Å². The van der Waals surface area contributed by atoms with E-state index in [0.717, 1.165) is 11.8 Å². The molecular formula is C20H18N7O3S+. The number of carbonyl (C=O) groups is 1. The molecule has 0 spiro atoms. The second kappa shape index (κ2) is 10.2. The minimum atomic E-state index is -0.380. The fourth-order valence-electron chi connectivity index (χ4n) is 2.73. The molecule has 1 aromatic carbocycles. The summed E-state index contributed by atoms with van der Waals surface area (Å²) in [5.41, 5.74) is 7.35. The summed E-state index contributed by atoms with van der Waals surface area (Å²) in [6.07, 6.45) is 1.54. The van der Waals surface area contributed by atoms with Gasteiger partial charge in [0, 0.05) is 12.7 Å². The topological polar surface area (TPSA) is 155 Å². The van der Waals surface area contributed by atoms with Crippen LogP contribution < -0.4 is 15.7 Å². The zero-order valence-corrected chi connectivity index (χ0v) is 17.3. The van der Waals surface area contributed by atoms with Crippen molar-refractivity contribution in [2.24, 2.45) is 0 Å². The number of nitrogen functional groups attached to an aromatic ring is 1. The van der Waals surface area contributed by atoms with E-state index in [1.54, 1.807) is 31.4 Å². The number of hydrogen-bond acceptors (Lipinski definition) is 9. The maximum Gasteiger partial charge on any atom is 0.302 e. The zero-order valence-electron chi connectivity index (χ0n) is 16.5. The summed E-state index contributed by atoms with van der Waals surface area (Å²) in [7, 11) is 1.57. The normalized spacial score (nSPS) is 10.3. The molecular weight excluding hydrogens is 418 g/mol. The number of ether oxygens (including phenoxy) is 1. The molecule has 0 radical (unpaired) electrons. The lowest BCUT2D eigenvalue weighted by atomic mass is 9.97. The number of nitrogens with zero attached hydrogens (tertiary/aromatic N) is 5. The third-order valence-corrected chi connectivity index (χ3v) is 5.09. The molecule has 0 atom stereocenters. The lowest BCUT2D eigenvalue weighted by Gasteiger charge is -2.12. The van der Waals surface area contributed by atoms with Gasteiger partial charge in [0.2, 0.25) is 17.7 Å². The summed E-state index contributed by atoms with van der Waals surface area (Å²) < 4.78 is 11.5. The number of nitriles is 2. The molecule has 0 aliphatic heterocycles. The van der Waals surface area contributed by atoms with E-state index in [-0.39, 0.29) is 39.5 Å². The van der Waals surface area contributed by atoms with Crippen molar-refractivity contribution < 1.29 is 18.7 Å². The van der Waals surface area contributed by atoms with Gasteiger partial charge in [-0.2, -0.15) is 10.5 Å². The molecule has 2 aromatic heterocycles. The van der Waals surface area contributed by atoms with Crippen molar-refractivity contribution in [3.63, 3.8) is 0 Å². The maximum atomic E-state index is 12.3. The van der Waals surface area contributed by atoms with E-state index in [1.807, 2.05) is 12.1 Å². The van der Waals surface area contributed by atoms with Crippen LogP contribution in [0.1, 0.15) is 11.1 Å². The van der Waals surface area contributed by atoms with Gasteiger partial charge in [0.1, 0.15) is 35.2 Å². The third-order valence-electron chi connectivity index (χ3n) is 4.12. The van der Waals surface area contributed by atoms with Gasteiger partial charge in [-0.25, -0.2) is 4.98 Å². The number of amides is 1. The zero-order chi connectivity index (χ0) is 22.2. The van der Waals surface area contributed by atoms with E-state index in [0.29, 0.717) is 24.3 Å².